The van der Waals surface area contributed by atoms with Gasteiger partial charge in [0.05, 0.1) is 6.20 Å². The predicted octanol–water partition coefficient (Wildman–Crippen LogP) is 2.82. The molecule has 2 rings (SSSR count). The first-order valence-corrected chi connectivity index (χ1v) is 4.51. The number of nitrogen functional groups attached to an aromatic ring is 1. The van der Waals surface area contributed by atoms with Crippen molar-refractivity contribution in [3.63, 3.8) is 0 Å². The quantitative estimate of drug-likeness (QED) is 0.882. The summed E-state index contributed by atoms with van der Waals surface area (Å²) in [6.45, 7) is 0. The van der Waals surface area contributed by atoms with Crippen molar-refractivity contribution in [2.45, 2.75) is 6.36 Å². The summed E-state index contributed by atoms with van der Waals surface area (Å²) in [6.07, 6.45) is -3.40. The highest BCUT2D eigenvalue weighted by atomic mass is 19.4. The summed E-state index contributed by atoms with van der Waals surface area (Å²) in [4.78, 5) is 3.65. The van der Waals surface area contributed by atoms with E-state index >= 15 is 0 Å². The van der Waals surface area contributed by atoms with Crippen LogP contribution in [0.5, 0.6) is 5.75 Å². The topological polar surface area (TPSA) is 61.3 Å². The van der Waals surface area contributed by atoms with Crippen molar-refractivity contribution in [2.24, 2.45) is 0 Å². The second-order valence-corrected chi connectivity index (χ2v) is 3.14. The number of hydrogen-bond donors (Lipinski definition) is 1. The van der Waals surface area contributed by atoms with Gasteiger partial charge >= 0.3 is 6.36 Å². The Hall–Kier alpha value is -2.18. The number of aromatic nitrogens is 1. The van der Waals surface area contributed by atoms with Crippen molar-refractivity contribution in [1.29, 1.82) is 0 Å². The van der Waals surface area contributed by atoms with Gasteiger partial charge in [0.25, 0.3) is 6.01 Å². The number of nitrogens with two attached hydrogens (primary N) is 1. The van der Waals surface area contributed by atoms with Crippen LogP contribution in [-0.4, -0.2) is 11.3 Å². The number of rotatable bonds is 2. The number of hydrogen-bond acceptors (Lipinski definition) is 4. The van der Waals surface area contributed by atoms with Gasteiger partial charge < -0.3 is 14.9 Å². The van der Waals surface area contributed by atoms with Gasteiger partial charge in [-0.15, -0.1) is 13.2 Å². The molecular formula is C10H7F3N2O2. The molecule has 2 N–H and O–H groups in total. The maximum atomic E-state index is 12.0. The molecule has 90 valence electrons. The summed E-state index contributed by atoms with van der Waals surface area (Å²) in [5, 5.41) is 0. The van der Waals surface area contributed by atoms with Crippen LogP contribution in [0.4, 0.5) is 19.2 Å². The Morgan fingerprint density at radius 3 is 2.65 bits per heavy atom. The molecule has 0 aliphatic rings. The molecular weight excluding hydrogens is 237 g/mol. The maximum absolute atomic E-state index is 12.0. The predicted molar refractivity (Wildman–Crippen MR) is 53.0 cm³/mol. The monoisotopic (exact) mass is 244 g/mol. The van der Waals surface area contributed by atoms with Crippen molar-refractivity contribution in [3.8, 4) is 17.1 Å². The third-order valence-electron chi connectivity index (χ3n) is 1.88. The Morgan fingerprint density at radius 1 is 1.29 bits per heavy atom. The van der Waals surface area contributed by atoms with Crippen LogP contribution in [0.3, 0.4) is 0 Å². The number of nitrogens with zero attached hydrogens (tertiary/aromatic N) is 1. The molecule has 4 nitrogen and oxygen atoms in total. The van der Waals surface area contributed by atoms with Gasteiger partial charge in [-0.05, 0) is 12.1 Å². The first kappa shape index (κ1) is 11.3. The van der Waals surface area contributed by atoms with Crippen LogP contribution in [0.2, 0.25) is 0 Å². The van der Waals surface area contributed by atoms with Gasteiger partial charge in [0.2, 0.25) is 0 Å². The highest BCUT2D eigenvalue weighted by Gasteiger charge is 2.31. The summed E-state index contributed by atoms with van der Waals surface area (Å²) >= 11 is 0. The minimum absolute atomic E-state index is 0.0536. The second-order valence-electron chi connectivity index (χ2n) is 3.14. The van der Waals surface area contributed by atoms with E-state index in [0.717, 1.165) is 0 Å². The third kappa shape index (κ3) is 2.90. The second kappa shape index (κ2) is 4.00. The summed E-state index contributed by atoms with van der Waals surface area (Å²) in [5.41, 5.74) is 5.67. The molecule has 1 heterocycles. The lowest BCUT2D eigenvalue weighted by Crippen LogP contribution is -2.17. The van der Waals surface area contributed by atoms with Crippen molar-refractivity contribution in [2.75, 3.05) is 5.73 Å². The summed E-state index contributed by atoms with van der Waals surface area (Å²) < 4.78 is 44.8. The van der Waals surface area contributed by atoms with E-state index in [4.69, 9.17) is 10.2 Å². The van der Waals surface area contributed by atoms with Gasteiger partial charge in [0, 0.05) is 5.56 Å². The van der Waals surface area contributed by atoms with Crippen LogP contribution in [0.25, 0.3) is 11.3 Å². The molecule has 0 atom stereocenters. The number of halogens is 3. The highest BCUT2D eigenvalue weighted by Crippen LogP contribution is 2.28. The minimum Gasteiger partial charge on any atom is -0.424 e. The van der Waals surface area contributed by atoms with Crippen LogP contribution in [0, 0.1) is 0 Å². The molecule has 0 saturated heterocycles. The Bertz CT molecular complexity index is 522. The molecule has 1 aromatic carbocycles. The Morgan fingerprint density at radius 2 is 2.06 bits per heavy atom. The van der Waals surface area contributed by atoms with Crippen molar-refractivity contribution < 1.29 is 22.3 Å². The van der Waals surface area contributed by atoms with E-state index in [1.807, 2.05) is 0 Å². The zero-order chi connectivity index (χ0) is 12.5. The van der Waals surface area contributed by atoms with E-state index in [1.165, 1.54) is 24.4 Å². The fourth-order valence-electron chi connectivity index (χ4n) is 1.27. The maximum Gasteiger partial charge on any atom is 0.573 e. The van der Waals surface area contributed by atoms with E-state index in [0.29, 0.717) is 5.56 Å². The van der Waals surface area contributed by atoms with Crippen LogP contribution >= 0.6 is 0 Å². The number of ether oxygens (including phenoxy) is 1. The van der Waals surface area contributed by atoms with Crippen molar-refractivity contribution >= 4 is 6.01 Å². The molecule has 0 radical (unpaired) electrons. The van der Waals surface area contributed by atoms with E-state index < -0.39 is 6.36 Å². The molecule has 0 saturated carbocycles. The van der Waals surface area contributed by atoms with Gasteiger partial charge in [-0.25, -0.2) is 4.98 Å². The standard InChI is InChI=1S/C10H7F3N2O2/c11-10(12,13)17-7-3-1-2-6(4-7)8-5-15-9(14)16-8/h1-5H,(H2,14,15). The molecule has 7 heteroatoms. The van der Waals surface area contributed by atoms with Crippen LogP contribution < -0.4 is 10.5 Å². The minimum atomic E-state index is -4.72. The molecule has 0 amide bonds. The van der Waals surface area contributed by atoms with Gasteiger partial charge in [0.1, 0.15) is 5.75 Å². The molecule has 0 bridgehead atoms. The smallest absolute Gasteiger partial charge is 0.424 e. The Labute approximate surface area is 93.8 Å². The molecule has 0 unspecified atom stereocenters. The third-order valence-corrected chi connectivity index (χ3v) is 1.88. The van der Waals surface area contributed by atoms with Crippen LogP contribution in [-0.2, 0) is 0 Å². The molecule has 0 aliphatic carbocycles. The molecule has 0 spiro atoms. The van der Waals surface area contributed by atoms with Gasteiger partial charge in [-0.2, -0.15) is 0 Å². The average Bonchev–Trinajstić information content (AvgIpc) is 2.63. The molecule has 1 aromatic heterocycles. The number of anilines is 1. The zero-order valence-corrected chi connectivity index (χ0v) is 8.36. The van der Waals surface area contributed by atoms with Crippen molar-refractivity contribution in [1.82, 2.24) is 4.98 Å². The number of oxazole rings is 1. The number of alkyl halides is 3. The lowest BCUT2D eigenvalue weighted by atomic mass is 10.2. The first-order valence-electron chi connectivity index (χ1n) is 4.51. The lowest BCUT2D eigenvalue weighted by molar-refractivity contribution is -0.274. The highest BCUT2D eigenvalue weighted by molar-refractivity contribution is 5.59. The summed E-state index contributed by atoms with van der Waals surface area (Å²) in [6, 6.07) is 5.30. The van der Waals surface area contributed by atoms with Crippen molar-refractivity contribution in [3.05, 3.63) is 30.5 Å². The van der Waals surface area contributed by atoms with E-state index in [-0.39, 0.29) is 17.5 Å². The molecule has 0 aliphatic heterocycles. The molecule has 0 fully saturated rings. The van der Waals surface area contributed by atoms with Gasteiger partial charge in [-0.1, -0.05) is 12.1 Å². The summed E-state index contributed by atoms with van der Waals surface area (Å²) in [7, 11) is 0. The Kier molecular flexibility index (Phi) is 2.66. The summed E-state index contributed by atoms with van der Waals surface area (Å²) in [5.74, 6) is -0.0555. The van der Waals surface area contributed by atoms with E-state index in [1.54, 1.807) is 6.07 Å². The SMILES string of the molecule is Nc1ncc(-c2cccc(OC(F)(F)F)c2)o1. The first-order chi connectivity index (χ1) is 7.94. The molecule has 17 heavy (non-hydrogen) atoms. The Balaban J connectivity index is 2.29. The lowest BCUT2D eigenvalue weighted by Gasteiger charge is -2.09. The van der Waals surface area contributed by atoms with Crippen LogP contribution in [0.1, 0.15) is 0 Å². The normalized spacial score (nSPS) is 11.5. The van der Waals surface area contributed by atoms with Crippen LogP contribution in [0.15, 0.2) is 34.9 Å². The fraction of sp³-hybridized carbons (Fsp3) is 0.100. The van der Waals surface area contributed by atoms with Gasteiger partial charge in [0.15, 0.2) is 5.76 Å². The van der Waals surface area contributed by atoms with Gasteiger partial charge in [-0.3, -0.25) is 0 Å². The fourth-order valence-corrected chi connectivity index (χ4v) is 1.27. The van der Waals surface area contributed by atoms with E-state index in [2.05, 4.69) is 9.72 Å². The zero-order valence-electron chi connectivity index (χ0n) is 8.36. The largest absolute Gasteiger partial charge is 0.573 e. The average molecular weight is 244 g/mol. The van der Waals surface area contributed by atoms with E-state index in [9.17, 15) is 13.2 Å². The molecule has 2 aromatic rings. The number of benzene rings is 1.